The van der Waals surface area contributed by atoms with Crippen molar-refractivity contribution in [2.45, 2.75) is 18.7 Å². The number of rotatable bonds is 8. The molecule has 0 aliphatic heterocycles. The van der Waals surface area contributed by atoms with Crippen LogP contribution in [-0.4, -0.2) is 39.3 Å². The fraction of sp³-hybridized carbons (Fsp3) is 0.167. The van der Waals surface area contributed by atoms with E-state index in [1.807, 2.05) is 19.9 Å². The fourth-order valence-corrected chi connectivity index (χ4v) is 4.70. The van der Waals surface area contributed by atoms with Gasteiger partial charge in [-0.2, -0.15) is 5.10 Å². The van der Waals surface area contributed by atoms with Crippen LogP contribution in [0.1, 0.15) is 16.7 Å². The second-order valence-corrected chi connectivity index (χ2v) is 9.22. The molecular weight excluding hydrogens is 442 g/mol. The van der Waals surface area contributed by atoms with E-state index in [1.54, 1.807) is 48.5 Å². The van der Waals surface area contributed by atoms with Crippen molar-refractivity contribution in [3.63, 3.8) is 0 Å². The average Bonchev–Trinajstić information content (AvgIpc) is 2.78. The molecule has 0 saturated carbocycles. The number of carbonyl (C=O) groups is 1. The van der Waals surface area contributed by atoms with Crippen molar-refractivity contribution in [2.75, 3.05) is 18.0 Å². The van der Waals surface area contributed by atoms with Crippen molar-refractivity contribution in [1.82, 2.24) is 5.43 Å². The number of hydrogen-bond acceptors (Lipinski definition) is 6. The van der Waals surface area contributed by atoms with Gasteiger partial charge >= 0.3 is 0 Å². The van der Waals surface area contributed by atoms with Crippen molar-refractivity contribution in [2.24, 2.45) is 5.10 Å². The second kappa shape index (κ2) is 10.2. The van der Waals surface area contributed by atoms with E-state index in [2.05, 4.69) is 10.5 Å². The van der Waals surface area contributed by atoms with Crippen molar-refractivity contribution in [3.05, 3.63) is 83.4 Å². The Kier molecular flexibility index (Phi) is 7.34. The Hall–Kier alpha value is -3.85. The van der Waals surface area contributed by atoms with Gasteiger partial charge in [0.05, 0.1) is 23.9 Å². The molecule has 0 unspecified atom stereocenters. The number of carbonyl (C=O) groups excluding carboxylic acids is 1. The Morgan fingerprint density at radius 3 is 2.36 bits per heavy atom. The average molecular weight is 468 g/mol. The van der Waals surface area contributed by atoms with Gasteiger partial charge in [0.1, 0.15) is 6.54 Å². The quantitative estimate of drug-likeness (QED) is 0.390. The molecule has 0 aliphatic carbocycles. The third-order valence-corrected chi connectivity index (χ3v) is 6.54. The van der Waals surface area contributed by atoms with E-state index in [1.165, 1.54) is 25.5 Å². The first-order chi connectivity index (χ1) is 15.7. The fourth-order valence-electron chi connectivity index (χ4n) is 3.28. The number of phenolic OH excluding ortho intramolecular Hbond substituents is 1. The number of methoxy groups -OCH3 is 1. The lowest BCUT2D eigenvalue weighted by atomic mass is 10.1. The number of para-hydroxylation sites is 1. The molecule has 0 saturated heterocycles. The molecular formula is C24H25N3O5S. The number of benzene rings is 3. The lowest BCUT2D eigenvalue weighted by Crippen LogP contribution is -2.39. The van der Waals surface area contributed by atoms with Crippen LogP contribution in [0.5, 0.6) is 11.5 Å². The Morgan fingerprint density at radius 2 is 1.73 bits per heavy atom. The van der Waals surface area contributed by atoms with Crippen LogP contribution < -0.4 is 14.5 Å². The third kappa shape index (κ3) is 5.69. The molecule has 8 nitrogen and oxygen atoms in total. The molecule has 0 aromatic heterocycles. The van der Waals surface area contributed by atoms with E-state index >= 15 is 0 Å². The molecule has 33 heavy (non-hydrogen) atoms. The Labute approximate surface area is 193 Å². The molecule has 0 aliphatic rings. The summed E-state index contributed by atoms with van der Waals surface area (Å²) < 4.78 is 32.8. The maximum absolute atomic E-state index is 13.4. The first-order valence-corrected chi connectivity index (χ1v) is 11.5. The van der Waals surface area contributed by atoms with E-state index in [9.17, 15) is 18.3 Å². The van der Waals surface area contributed by atoms with Gasteiger partial charge in [0.25, 0.3) is 15.9 Å². The summed E-state index contributed by atoms with van der Waals surface area (Å²) in [5.41, 5.74) is 4.76. The van der Waals surface area contributed by atoms with Crippen LogP contribution in [0, 0.1) is 13.8 Å². The van der Waals surface area contributed by atoms with E-state index in [-0.39, 0.29) is 16.4 Å². The number of nitrogens with one attached hydrogen (secondary N) is 1. The maximum Gasteiger partial charge on any atom is 0.264 e. The molecule has 0 fully saturated rings. The number of aryl methyl sites for hydroxylation is 2. The lowest BCUT2D eigenvalue weighted by Gasteiger charge is -2.24. The van der Waals surface area contributed by atoms with Gasteiger partial charge in [0, 0.05) is 5.56 Å². The van der Waals surface area contributed by atoms with Crippen molar-refractivity contribution >= 4 is 27.8 Å². The summed E-state index contributed by atoms with van der Waals surface area (Å²) in [5.74, 6) is -0.506. The number of nitrogens with zero attached hydrogens (tertiary/aromatic N) is 2. The summed E-state index contributed by atoms with van der Waals surface area (Å²) in [5, 5.41) is 14.0. The molecule has 9 heteroatoms. The SMILES string of the molecule is COc1cccc(/C=N\NC(=O)CN(c2cc(C)cc(C)c2)S(=O)(=O)c2ccccc2)c1O. The summed E-state index contributed by atoms with van der Waals surface area (Å²) in [6, 6.07) is 18.1. The van der Waals surface area contributed by atoms with Crippen molar-refractivity contribution in [3.8, 4) is 11.5 Å². The summed E-state index contributed by atoms with van der Waals surface area (Å²) in [6.45, 7) is 3.23. The Bertz CT molecular complexity index is 1250. The Morgan fingerprint density at radius 1 is 1.06 bits per heavy atom. The zero-order valence-corrected chi connectivity index (χ0v) is 19.3. The zero-order chi connectivity index (χ0) is 24.0. The minimum atomic E-state index is -4.01. The van der Waals surface area contributed by atoms with Gasteiger partial charge in [-0.15, -0.1) is 0 Å². The molecule has 3 rings (SSSR count). The molecule has 3 aromatic carbocycles. The molecule has 0 spiro atoms. The molecule has 0 atom stereocenters. The van der Waals surface area contributed by atoms with Crippen LogP contribution in [0.2, 0.25) is 0 Å². The van der Waals surface area contributed by atoms with Gasteiger partial charge in [0.2, 0.25) is 0 Å². The van der Waals surface area contributed by atoms with Gasteiger partial charge in [0.15, 0.2) is 11.5 Å². The highest BCUT2D eigenvalue weighted by molar-refractivity contribution is 7.92. The summed E-state index contributed by atoms with van der Waals surface area (Å²) in [7, 11) is -2.59. The number of sulfonamides is 1. The van der Waals surface area contributed by atoms with Gasteiger partial charge in [-0.3, -0.25) is 9.10 Å². The van der Waals surface area contributed by atoms with Crippen LogP contribution in [-0.2, 0) is 14.8 Å². The molecule has 1 amide bonds. The molecule has 0 radical (unpaired) electrons. The highest BCUT2D eigenvalue weighted by atomic mass is 32.2. The van der Waals surface area contributed by atoms with Gasteiger partial charge in [-0.1, -0.05) is 30.3 Å². The largest absolute Gasteiger partial charge is 0.504 e. The number of anilines is 1. The molecule has 0 bridgehead atoms. The van der Waals surface area contributed by atoms with Crippen molar-refractivity contribution < 1.29 is 23.1 Å². The van der Waals surface area contributed by atoms with Crippen LogP contribution in [0.3, 0.4) is 0 Å². The highest BCUT2D eigenvalue weighted by Gasteiger charge is 2.27. The van der Waals surface area contributed by atoms with Crippen LogP contribution >= 0.6 is 0 Å². The molecule has 172 valence electrons. The van der Waals surface area contributed by atoms with E-state index in [0.29, 0.717) is 11.3 Å². The van der Waals surface area contributed by atoms with Gasteiger partial charge in [-0.25, -0.2) is 13.8 Å². The first kappa shape index (κ1) is 23.8. The zero-order valence-electron chi connectivity index (χ0n) is 18.5. The van der Waals surface area contributed by atoms with E-state index in [4.69, 9.17) is 4.74 Å². The predicted molar refractivity (Wildman–Crippen MR) is 127 cm³/mol. The lowest BCUT2D eigenvalue weighted by molar-refractivity contribution is -0.119. The number of hydrazone groups is 1. The standard InChI is InChI=1S/C24H25N3O5S/c1-17-12-18(2)14-20(13-17)27(33(30,31)21-9-5-4-6-10-21)16-23(28)26-25-15-19-8-7-11-22(32-3)24(19)29/h4-15,29H,16H2,1-3H3,(H,26,28)/b25-15-. The number of amides is 1. The maximum atomic E-state index is 13.4. The van der Waals surface area contributed by atoms with E-state index < -0.39 is 22.5 Å². The Balaban J connectivity index is 1.87. The topological polar surface area (TPSA) is 108 Å². The minimum absolute atomic E-state index is 0.0711. The highest BCUT2D eigenvalue weighted by Crippen LogP contribution is 2.28. The van der Waals surface area contributed by atoms with Crippen molar-refractivity contribution in [1.29, 1.82) is 0 Å². The number of phenols is 1. The van der Waals surface area contributed by atoms with Gasteiger partial charge in [-0.05, 0) is 61.4 Å². The number of hydrogen-bond donors (Lipinski definition) is 2. The second-order valence-electron chi connectivity index (χ2n) is 7.36. The van der Waals surface area contributed by atoms with Crippen LogP contribution in [0.15, 0.2) is 76.7 Å². The predicted octanol–water partition coefficient (Wildman–Crippen LogP) is 3.36. The number of ether oxygens (including phenoxy) is 1. The summed E-state index contributed by atoms with van der Waals surface area (Å²) in [6.07, 6.45) is 1.25. The molecule has 3 aromatic rings. The normalized spacial score (nSPS) is 11.4. The molecule has 0 heterocycles. The molecule has 2 N–H and O–H groups in total. The first-order valence-electron chi connectivity index (χ1n) is 10.1. The van der Waals surface area contributed by atoms with Crippen LogP contribution in [0.4, 0.5) is 5.69 Å². The monoisotopic (exact) mass is 467 g/mol. The summed E-state index contributed by atoms with van der Waals surface area (Å²) >= 11 is 0. The third-order valence-electron chi connectivity index (χ3n) is 4.76. The summed E-state index contributed by atoms with van der Waals surface area (Å²) in [4.78, 5) is 12.7. The smallest absolute Gasteiger partial charge is 0.264 e. The van der Waals surface area contributed by atoms with E-state index in [0.717, 1.165) is 15.4 Å². The minimum Gasteiger partial charge on any atom is -0.504 e. The van der Waals surface area contributed by atoms with Gasteiger partial charge < -0.3 is 9.84 Å². The van der Waals surface area contributed by atoms with Crippen LogP contribution in [0.25, 0.3) is 0 Å². The number of aromatic hydroxyl groups is 1.